The Morgan fingerprint density at radius 1 is 1.17 bits per heavy atom. The van der Waals surface area contributed by atoms with Gasteiger partial charge in [0.2, 0.25) is 0 Å². The second kappa shape index (κ2) is 7.41. The number of hydrogen-bond acceptors (Lipinski definition) is 3. The molecule has 1 atom stereocenters. The first kappa shape index (κ1) is 20.9. The molecule has 4 nitrogen and oxygen atoms in total. The summed E-state index contributed by atoms with van der Waals surface area (Å²) >= 11 is 9.24. The van der Waals surface area contributed by atoms with E-state index < -0.39 is 17.6 Å². The van der Waals surface area contributed by atoms with Gasteiger partial charge < -0.3 is 5.11 Å². The van der Waals surface area contributed by atoms with Crippen LogP contribution in [0.1, 0.15) is 39.7 Å². The number of carbonyl (C=O) groups is 1. The molecule has 0 bridgehead atoms. The maximum Gasteiger partial charge on any atom is 0.270 e. The van der Waals surface area contributed by atoms with Gasteiger partial charge in [-0.1, -0.05) is 57.9 Å². The van der Waals surface area contributed by atoms with Crippen LogP contribution in [0.15, 0.2) is 65.3 Å². The summed E-state index contributed by atoms with van der Waals surface area (Å²) in [6.45, 7) is 0.811. The van der Waals surface area contributed by atoms with E-state index in [1.807, 2.05) is 0 Å². The van der Waals surface area contributed by atoms with Gasteiger partial charge in [0, 0.05) is 39.8 Å². The zero-order valence-electron chi connectivity index (χ0n) is 15.7. The molecule has 1 N–H and O–H groups in total. The predicted octanol–water partition coefficient (Wildman–Crippen LogP) is 5.46. The van der Waals surface area contributed by atoms with E-state index in [1.165, 1.54) is 35.4 Å². The molecule has 4 rings (SSSR count). The molecule has 1 amide bonds. The number of nitrogens with zero attached hydrogens (tertiary/aromatic N) is 2. The predicted molar refractivity (Wildman–Crippen MR) is 112 cm³/mol. The molecule has 0 radical (unpaired) electrons. The van der Waals surface area contributed by atoms with Crippen molar-refractivity contribution in [2.75, 3.05) is 0 Å². The highest BCUT2D eigenvalue weighted by Crippen LogP contribution is 2.44. The SMILES string of the molecule is CC(F)(F)c1ccc(C2(O)c3ccc(Br)cc3C(=O)N2Cc2ccc(Cl)cn2)cc1. The van der Waals surface area contributed by atoms with E-state index in [-0.39, 0.29) is 12.1 Å². The molecule has 0 spiro atoms. The fraction of sp³-hybridized carbons (Fsp3) is 0.182. The summed E-state index contributed by atoms with van der Waals surface area (Å²) in [5.74, 6) is -3.40. The van der Waals surface area contributed by atoms with Crippen molar-refractivity contribution in [2.24, 2.45) is 0 Å². The van der Waals surface area contributed by atoms with E-state index in [9.17, 15) is 18.7 Å². The summed E-state index contributed by atoms with van der Waals surface area (Å²) < 4.78 is 28.0. The highest BCUT2D eigenvalue weighted by molar-refractivity contribution is 9.10. The first-order chi connectivity index (χ1) is 14.1. The highest BCUT2D eigenvalue weighted by atomic mass is 79.9. The summed E-state index contributed by atoms with van der Waals surface area (Å²) in [6.07, 6.45) is 1.46. The van der Waals surface area contributed by atoms with Crippen molar-refractivity contribution in [3.63, 3.8) is 0 Å². The molecular formula is C22H16BrClF2N2O2. The number of halogens is 4. The van der Waals surface area contributed by atoms with Gasteiger partial charge in [-0.3, -0.25) is 14.7 Å². The normalized spacial score (nSPS) is 18.6. The first-order valence-electron chi connectivity index (χ1n) is 9.04. The molecule has 8 heteroatoms. The quantitative estimate of drug-likeness (QED) is 0.525. The molecule has 1 aromatic heterocycles. The van der Waals surface area contributed by atoms with E-state index in [2.05, 4.69) is 20.9 Å². The van der Waals surface area contributed by atoms with Gasteiger partial charge in [0.25, 0.3) is 11.8 Å². The number of alkyl halides is 2. The van der Waals surface area contributed by atoms with Gasteiger partial charge in [-0.2, -0.15) is 0 Å². The molecule has 1 aliphatic rings. The van der Waals surface area contributed by atoms with Gasteiger partial charge >= 0.3 is 0 Å². The number of fused-ring (bicyclic) bond motifs is 1. The minimum Gasteiger partial charge on any atom is -0.363 e. The first-order valence-corrected chi connectivity index (χ1v) is 10.2. The van der Waals surface area contributed by atoms with E-state index in [4.69, 9.17) is 11.6 Å². The Morgan fingerprint density at radius 3 is 2.47 bits per heavy atom. The Balaban J connectivity index is 1.83. The molecule has 0 fully saturated rings. The van der Waals surface area contributed by atoms with Crippen molar-refractivity contribution in [3.05, 3.63) is 98.2 Å². The van der Waals surface area contributed by atoms with Crippen molar-refractivity contribution in [1.29, 1.82) is 0 Å². The standard InChI is InChI=1S/C22H16BrClF2N2O2/c1-21(25,26)13-2-4-14(5-3-13)22(30)19-9-6-15(23)10-18(19)20(29)28(22)12-17-8-7-16(24)11-27-17/h2-11,30H,12H2,1H3. The molecule has 1 unspecified atom stereocenters. The van der Waals surface area contributed by atoms with E-state index in [0.717, 1.165) is 6.92 Å². The van der Waals surface area contributed by atoms with Gasteiger partial charge in [-0.15, -0.1) is 0 Å². The van der Waals surface area contributed by atoms with Crippen molar-refractivity contribution in [2.45, 2.75) is 25.1 Å². The summed E-state index contributed by atoms with van der Waals surface area (Å²) in [5, 5.41) is 12.2. The number of aliphatic hydroxyl groups is 1. The van der Waals surface area contributed by atoms with E-state index >= 15 is 0 Å². The fourth-order valence-corrected chi connectivity index (χ4v) is 4.06. The van der Waals surface area contributed by atoms with Crippen molar-refractivity contribution >= 4 is 33.4 Å². The number of aromatic nitrogens is 1. The van der Waals surface area contributed by atoms with Crippen LogP contribution in [0.5, 0.6) is 0 Å². The van der Waals surface area contributed by atoms with Crippen molar-refractivity contribution in [1.82, 2.24) is 9.88 Å². The molecule has 2 aromatic carbocycles. The molecule has 30 heavy (non-hydrogen) atoms. The topological polar surface area (TPSA) is 53.4 Å². The van der Waals surface area contributed by atoms with Crippen LogP contribution in [-0.2, 0) is 18.2 Å². The lowest BCUT2D eigenvalue weighted by Gasteiger charge is -2.35. The number of rotatable bonds is 4. The number of carbonyl (C=O) groups excluding carboxylic acids is 1. The van der Waals surface area contributed by atoms with Crippen LogP contribution < -0.4 is 0 Å². The summed E-state index contributed by atoms with van der Waals surface area (Å²) in [4.78, 5) is 18.7. The second-order valence-electron chi connectivity index (χ2n) is 7.19. The third-order valence-corrected chi connectivity index (χ3v) is 5.84. The number of hydrogen-bond donors (Lipinski definition) is 1. The lowest BCUT2D eigenvalue weighted by molar-refractivity contribution is -0.0549. The van der Waals surface area contributed by atoms with Gasteiger partial charge in [-0.25, -0.2) is 8.78 Å². The Bertz CT molecular complexity index is 1120. The van der Waals surface area contributed by atoms with Crippen LogP contribution in [0.25, 0.3) is 0 Å². The zero-order valence-corrected chi connectivity index (χ0v) is 18.1. The minimum absolute atomic E-state index is 0.00445. The van der Waals surface area contributed by atoms with Crippen molar-refractivity contribution < 1.29 is 18.7 Å². The van der Waals surface area contributed by atoms with Crippen LogP contribution in [0, 0.1) is 0 Å². The summed E-state index contributed by atoms with van der Waals surface area (Å²) in [7, 11) is 0. The molecule has 0 aliphatic carbocycles. The average Bonchev–Trinajstić information content (AvgIpc) is 2.91. The number of pyridine rings is 1. The van der Waals surface area contributed by atoms with Crippen LogP contribution in [0.3, 0.4) is 0 Å². The van der Waals surface area contributed by atoms with Gasteiger partial charge in [0.05, 0.1) is 17.3 Å². The minimum atomic E-state index is -3.01. The monoisotopic (exact) mass is 492 g/mol. The number of amides is 1. The maximum atomic E-state index is 13.6. The Labute approximate surface area is 185 Å². The Morgan fingerprint density at radius 2 is 1.87 bits per heavy atom. The summed E-state index contributed by atoms with van der Waals surface area (Å²) in [6, 6.07) is 13.7. The molecule has 0 saturated heterocycles. The third-order valence-electron chi connectivity index (χ3n) is 5.13. The lowest BCUT2D eigenvalue weighted by atomic mass is 9.92. The van der Waals surface area contributed by atoms with Gasteiger partial charge in [-0.05, 0) is 24.3 Å². The largest absolute Gasteiger partial charge is 0.363 e. The molecular weight excluding hydrogens is 478 g/mol. The van der Waals surface area contributed by atoms with Crippen LogP contribution in [0.2, 0.25) is 5.02 Å². The number of benzene rings is 2. The Kier molecular flexibility index (Phi) is 5.16. The van der Waals surface area contributed by atoms with E-state index in [0.29, 0.717) is 31.9 Å². The highest BCUT2D eigenvalue weighted by Gasteiger charge is 2.50. The average molecular weight is 494 g/mol. The third kappa shape index (κ3) is 3.51. The molecule has 0 saturated carbocycles. The van der Waals surface area contributed by atoms with Crippen LogP contribution in [0.4, 0.5) is 8.78 Å². The van der Waals surface area contributed by atoms with E-state index in [1.54, 1.807) is 30.3 Å². The molecule has 2 heterocycles. The second-order valence-corrected chi connectivity index (χ2v) is 8.54. The molecule has 1 aliphatic heterocycles. The zero-order chi connectivity index (χ0) is 21.7. The molecule has 154 valence electrons. The van der Waals surface area contributed by atoms with Crippen LogP contribution in [-0.4, -0.2) is 20.9 Å². The Hall–Kier alpha value is -2.35. The van der Waals surface area contributed by atoms with Crippen LogP contribution >= 0.6 is 27.5 Å². The molecule has 3 aromatic rings. The van der Waals surface area contributed by atoms with Crippen molar-refractivity contribution in [3.8, 4) is 0 Å². The maximum absolute atomic E-state index is 13.6. The van der Waals surface area contributed by atoms with Gasteiger partial charge in [0.1, 0.15) is 0 Å². The lowest BCUT2D eigenvalue weighted by Crippen LogP contribution is -2.44. The fourth-order valence-electron chi connectivity index (χ4n) is 3.59. The van der Waals surface area contributed by atoms with Gasteiger partial charge in [0.15, 0.2) is 5.72 Å². The smallest absolute Gasteiger partial charge is 0.270 e. The summed E-state index contributed by atoms with van der Waals surface area (Å²) in [5.41, 5.74) is -0.489.